The van der Waals surface area contributed by atoms with Crippen molar-refractivity contribution in [3.63, 3.8) is 0 Å². The average Bonchev–Trinajstić information content (AvgIpc) is 3.94. The van der Waals surface area contributed by atoms with Crippen molar-refractivity contribution in [1.29, 1.82) is 0 Å². The number of nitrogens with one attached hydrogen (secondary N) is 1. The molecule has 2 saturated heterocycles. The van der Waals surface area contributed by atoms with Crippen LogP contribution in [-0.2, 0) is 6.54 Å². The zero-order valence-corrected chi connectivity index (χ0v) is 29.5. The lowest BCUT2D eigenvalue weighted by Gasteiger charge is -2.36. The van der Waals surface area contributed by atoms with Crippen LogP contribution in [0.1, 0.15) is 52.1 Å². The number of halogens is 2. The van der Waals surface area contributed by atoms with Crippen LogP contribution < -0.4 is 26.0 Å². The third kappa shape index (κ3) is 6.35. The van der Waals surface area contributed by atoms with Crippen LogP contribution in [0.15, 0.2) is 39.0 Å². The summed E-state index contributed by atoms with van der Waals surface area (Å²) in [5.41, 5.74) is 0.706. The smallest absolute Gasteiger partial charge is 0.341 e. The Morgan fingerprint density at radius 2 is 1.61 bits per heavy atom. The first-order chi connectivity index (χ1) is 24.3. The molecular weight excluding hydrogens is 682 g/mol. The molecule has 4 aliphatic rings. The molecule has 3 fully saturated rings. The van der Waals surface area contributed by atoms with E-state index in [1.165, 1.54) is 30.2 Å². The molecule has 1 saturated carbocycles. The van der Waals surface area contributed by atoms with Gasteiger partial charge in [-0.15, -0.1) is 11.8 Å². The average molecular weight is 723 g/mol. The fourth-order valence-electron chi connectivity index (χ4n) is 7.36. The number of fused-ring (bicyclic) bond motifs is 1. The zero-order chi connectivity index (χ0) is 36.3. The second kappa shape index (κ2) is 13.6. The van der Waals surface area contributed by atoms with Gasteiger partial charge in [-0.3, -0.25) is 9.59 Å². The molecule has 1 unspecified atom stereocenters. The van der Waals surface area contributed by atoms with Gasteiger partial charge in [-0.2, -0.15) is 0 Å². The van der Waals surface area contributed by atoms with Crippen molar-refractivity contribution >= 4 is 56.9 Å². The molecule has 2 aromatic carbocycles. The lowest BCUT2D eigenvalue weighted by Crippen LogP contribution is -2.49. The Hall–Kier alpha value is -4.47. The van der Waals surface area contributed by atoms with E-state index in [-0.39, 0.29) is 39.5 Å². The fraction of sp³-hybridized carbons (Fsp3) is 0.444. The van der Waals surface area contributed by atoms with Gasteiger partial charge in [0.15, 0.2) is 0 Å². The van der Waals surface area contributed by atoms with Crippen molar-refractivity contribution in [2.45, 2.75) is 50.2 Å². The van der Waals surface area contributed by atoms with E-state index < -0.39 is 34.4 Å². The van der Waals surface area contributed by atoms with Gasteiger partial charge < -0.3 is 39.4 Å². The maximum absolute atomic E-state index is 15.1. The maximum Gasteiger partial charge on any atom is 0.341 e. The molecule has 51 heavy (non-hydrogen) atoms. The zero-order valence-electron chi connectivity index (χ0n) is 28.7. The second-order valence-electron chi connectivity index (χ2n) is 13.8. The molecule has 12 nitrogen and oxygen atoms in total. The van der Waals surface area contributed by atoms with Gasteiger partial charge in [0.05, 0.1) is 38.1 Å². The number of nitrogens with zero attached hydrogens (tertiary/aromatic N) is 5. The van der Waals surface area contributed by atoms with Crippen LogP contribution in [0, 0.1) is 18.6 Å². The first kappa shape index (κ1) is 35.0. The van der Waals surface area contributed by atoms with Crippen LogP contribution in [0.4, 0.5) is 20.2 Å². The van der Waals surface area contributed by atoms with Crippen LogP contribution >= 0.6 is 11.8 Å². The number of carboxylic acid groups (broad SMARTS) is 2. The number of carbonyl (C=O) groups is 2. The Balaban J connectivity index is 0.000000159. The minimum atomic E-state index is -1.28. The third-order valence-electron chi connectivity index (χ3n) is 10.2. The Labute approximate surface area is 296 Å². The van der Waals surface area contributed by atoms with Gasteiger partial charge in [0, 0.05) is 88.2 Å². The van der Waals surface area contributed by atoms with Gasteiger partial charge in [-0.1, -0.05) is 0 Å². The highest BCUT2D eigenvalue weighted by Crippen LogP contribution is 2.42. The molecule has 0 radical (unpaired) electrons. The summed E-state index contributed by atoms with van der Waals surface area (Å²) < 4.78 is 33.7. The summed E-state index contributed by atoms with van der Waals surface area (Å²) in [6.07, 6.45) is 4.69. The standard InChI is InChI=1S/C19H22FN3O3.C17H18FN3O3S/c1-10-8-22(6-5-21-10)15-7-14-16(11(2)17(15)20)18(24)13(19(25)26)9-23(14)12-3-4-12;1-19-2-4-20(5-3-19)14-12(18)8-10-13-16(14)25-7-6-21(13)9-11(15(10)22)17(23)24/h7,9-10,12,21H,3-6,8H2,1-2H3,(H,25,26);8-9H,2-7H2,1H3,(H,23,24). The van der Waals surface area contributed by atoms with Gasteiger partial charge in [-0.05, 0) is 45.9 Å². The summed E-state index contributed by atoms with van der Waals surface area (Å²) in [4.78, 5) is 55.0. The van der Waals surface area contributed by atoms with E-state index in [1.54, 1.807) is 17.6 Å². The summed E-state index contributed by atoms with van der Waals surface area (Å²) >= 11 is 1.54. The minimum Gasteiger partial charge on any atom is -0.477 e. The van der Waals surface area contributed by atoms with Crippen molar-refractivity contribution in [2.75, 3.05) is 68.4 Å². The van der Waals surface area contributed by atoms with Crippen molar-refractivity contribution in [3.05, 3.63) is 73.3 Å². The topological polar surface area (TPSA) is 140 Å². The van der Waals surface area contributed by atoms with E-state index in [1.807, 2.05) is 21.4 Å². The normalized spacial score (nSPS) is 19.3. The molecule has 0 spiro atoms. The van der Waals surface area contributed by atoms with E-state index in [2.05, 4.69) is 17.1 Å². The first-order valence-electron chi connectivity index (χ1n) is 17.1. The molecule has 2 aromatic heterocycles. The Kier molecular flexibility index (Phi) is 9.31. The van der Waals surface area contributed by atoms with E-state index >= 15 is 4.39 Å². The summed E-state index contributed by atoms with van der Waals surface area (Å²) in [5, 5.41) is 22.3. The van der Waals surface area contributed by atoms with E-state index in [4.69, 9.17) is 0 Å². The van der Waals surface area contributed by atoms with Crippen LogP contribution in [0.5, 0.6) is 0 Å². The Bertz CT molecular complexity index is 2210. The summed E-state index contributed by atoms with van der Waals surface area (Å²) in [5.74, 6) is -2.72. The molecule has 270 valence electrons. The number of piperazine rings is 2. The number of hydrogen-bond donors (Lipinski definition) is 3. The molecule has 1 aliphatic carbocycles. The van der Waals surface area contributed by atoms with Crippen molar-refractivity contribution in [2.24, 2.45) is 0 Å². The predicted molar refractivity (Wildman–Crippen MR) is 193 cm³/mol. The van der Waals surface area contributed by atoms with E-state index in [9.17, 15) is 33.8 Å². The number of rotatable bonds is 5. The van der Waals surface area contributed by atoms with Crippen LogP contribution in [0.2, 0.25) is 0 Å². The van der Waals surface area contributed by atoms with Crippen LogP contribution in [0.25, 0.3) is 21.8 Å². The number of anilines is 2. The molecule has 4 aromatic rings. The van der Waals surface area contributed by atoms with Gasteiger partial charge in [0.1, 0.15) is 22.8 Å². The SMILES string of the molecule is CN1CCN(c2c(F)cc3c(=O)c(C(=O)O)cn4c3c2SCC4)CC1.Cc1c(F)c(N2CCNC(C)C2)cc2c1c(=O)c(C(=O)O)cn2C1CC1. The molecule has 1 atom stereocenters. The van der Waals surface area contributed by atoms with Crippen LogP contribution in [0.3, 0.4) is 0 Å². The molecule has 15 heteroatoms. The molecule has 3 aliphatic heterocycles. The highest BCUT2D eigenvalue weighted by Gasteiger charge is 2.31. The number of benzene rings is 2. The van der Waals surface area contributed by atoms with Gasteiger partial charge in [0.25, 0.3) is 0 Å². The fourth-order valence-corrected chi connectivity index (χ4v) is 8.58. The Morgan fingerprint density at radius 3 is 2.25 bits per heavy atom. The van der Waals surface area contributed by atoms with Crippen molar-refractivity contribution in [3.8, 4) is 0 Å². The van der Waals surface area contributed by atoms with Gasteiger partial charge in [-0.25, -0.2) is 18.4 Å². The summed E-state index contributed by atoms with van der Waals surface area (Å²) in [6.45, 7) is 9.52. The number of hydrogen-bond acceptors (Lipinski definition) is 9. The van der Waals surface area contributed by atoms with Gasteiger partial charge in [0.2, 0.25) is 10.9 Å². The largest absolute Gasteiger partial charge is 0.477 e. The van der Waals surface area contributed by atoms with Crippen molar-refractivity contribution < 1.29 is 28.6 Å². The molecule has 0 bridgehead atoms. The van der Waals surface area contributed by atoms with Crippen LogP contribution in [-0.4, -0.2) is 101 Å². The first-order valence-corrected chi connectivity index (χ1v) is 18.1. The lowest BCUT2D eigenvalue weighted by molar-refractivity contribution is 0.0684. The Morgan fingerprint density at radius 1 is 0.922 bits per heavy atom. The summed E-state index contributed by atoms with van der Waals surface area (Å²) in [7, 11) is 2.04. The highest BCUT2D eigenvalue weighted by molar-refractivity contribution is 7.99. The summed E-state index contributed by atoms with van der Waals surface area (Å²) in [6, 6.07) is 3.36. The lowest BCUT2D eigenvalue weighted by atomic mass is 10.0. The molecule has 0 amide bonds. The monoisotopic (exact) mass is 722 g/mol. The van der Waals surface area contributed by atoms with Crippen molar-refractivity contribution in [1.82, 2.24) is 19.4 Å². The maximum atomic E-state index is 15.1. The minimum absolute atomic E-state index is 0.150. The molecule has 3 N–H and O–H groups in total. The number of carboxylic acids is 2. The quantitative estimate of drug-likeness (QED) is 0.276. The highest BCUT2D eigenvalue weighted by atomic mass is 32.2. The molecule has 5 heterocycles. The molecular formula is C36H40F2N6O6S. The molecule has 8 rings (SSSR count). The number of thioether (sulfide) groups is 1. The van der Waals surface area contributed by atoms with Gasteiger partial charge >= 0.3 is 11.9 Å². The number of aromatic nitrogens is 2. The third-order valence-corrected chi connectivity index (χ3v) is 11.3. The second-order valence-corrected chi connectivity index (χ2v) is 14.9. The van der Waals surface area contributed by atoms with E-state index in [0.717, 1.165) is 50.5 Å². The predicted octanol–water partition coefficient (Wildman–Crippen LogP) is 3.98. The number of aromatic carboxylic acids is 2. The number of pyridine rings is 2. The number of aryl methyl sites for hydroxylation is 2. The van der Waals surface area contributed by atoms with E-state index in [0.29, 0.717) is 47.8 Å². The number of likely N-dealkylation sites (N-methyl/N-ethyl adjacent to an activating group) is 1.